The number of H-pyrrole nitrogens is 1. The van der Waals surface area contributed by atoms with Gasteiger partial charge in [-0.1, -0.05) is 13.3 Å². The number of aryl methyl sites for hydroxylation is 1. The molecule has 5 nitrogen and oxygen atoms in total. The molecule has 0 aliphatic carbocycles. The highest BCUT2D eigenvalue weighted by Crippen LogP contribution is 2.37. The highest BCUT2D eigenvalue weighted by molar-refractivity contribution is 6.09. The third kappa shape index (κ3) is 4.22. The average molecular weight is 378 g/mol. The number of pyridine rings is 1. The average Bonchev–Trinajstić information content (AvgIpc) is 2.96. The molecule has 2 aromatic heterocycles. The van der Waals surface area contributed by atoms with Gasteiger partial charge in [0, 0.05) is 35.1 Å². The number of hydrogen-bond acceptors (Lipinski definition) is 4. The van der Waals surface area contributed by atoms with Crippen LogP contribution in [0.5, 0.6) is 11.5 Å². The summed E-state index contributed by atoms with van der Waals surface area (Å²) in [5, 5.41) is 2.33. The number of aromatic amines is 1. The third-order valence-corrected chi connectivity index (χ3v) is 4.37. The van der Waals surface area contributed by atoms with E-state index in [2.05, 4.69) is 42.0 Å². The van der Waals surface area contributed by atoms with E-state index in [4.69, 9.17) is 9.47 Å². The van der Waals surface area contributed by atoms with E-state index in [1.54, 1.807) is 7.11 Å². The summed E-state index contributed by atoms with van der Waals surface area (Å²) in [6, 6.07) is 6.13. The van der Waals surface area contributed by atoms with Gasteiger partial charge >= 0.3 is 0 Å². The Hall–Kier alpha value is -1.98. The lowest BCUT2D eigenvalue weighted by atomic mass is 10.1. The molecule has 1 N–H and O–H groups in total. The number of methoxy groups -OCH3 is 1. The van der Waals surface area contributed by atoms with Crippen molar-refractivity contribution in [3.8, 4) is 11.5 Å². The summed E-state index contributed by atoms with van der Waals surface area (Å²) < 4.78 is 11.6. The fourth-order valence-electron chi connectivity index (χ4n) is 3.19. The fraction of sp³-hybridized carbons (Fsp3) is 0.450. The van der Waals surface area contributed by atoms with Gasteiger partial charge in [-0.3, -0.25) is 4.98 Å². The van der Waals surface area contributed by atoms with Crippen molar-refractivity contribution in [2.75, 3.05) is 34.4 Å². The first-order chi connectivity index (χ1) is 12.1. The van der Waals surface area contributed by atoms with Gasteiger partial charge in [0.15, 0.2) is 11.5 Å². The molecule has 0 spiro atoms. The van der Waals surface area contributed by atoms with E-state index < -0.39 is 0 Å². The van der Waals surface area contributed by atoms with Crippen molar-refractivity contribution in [2.24, 2.45) is 0 Å². The molecule has 2 heterocycles. The molecule has 0 unspecified atom stereocenters. The van der Waals surface area contributed by atoms with Gasteiger partial charge < -0.3 is 19.4 Å². The number of aromatic nitrogens is 2. The van der Waals surface area contributed by atoms with Gasteiger partial charge in [-0.25, -0.2) is 0 Å². The number of halogens is 1. The third-order valence-electron chi connectivity index (χ3n) is 4.37. The first kappa shape index (κ1) is 20.3. The molecule has 1 aromatic carbocycles. The lowest BCUT2D eigenvalue weighted by Gasteiger charge is -2.13. The lowest BCUT2D eigenvalue weighted by Crippen LogP contribution is -2.15. The van der Waals surface area contributed by atoms with Crippen LogP contribution in [0, 0.1) is 0 Å². The molecule has 0 atom stereocenters. The normalized spacial score (nSPS) is 11.1. The second-order valence-corrected chi connectivity index (χ2v) is 6.61. The summed E-state index contributed by atoms with van der Waals surface area (Å²) in [5.41, 5.74) is 3.30. The Kier molecular flexibility index (Phi) is 7.12. The SMILES string of the molecule is CCCc1nccc2[nH]c3cc(OCCCN(C)C)c(OC)cc3c12.Cl. The summed E-state index contributed by atoms with van der Waals surface area (Å²) >= 11 is 0. The van der Waals surface area contributed by atoms with Crippen molar-refractivity contribution in [3.05, 3.63) is 30.1 Å². The van der Waals surface area contributed by atoms with Crippen LogP contribution in [0.25, 0.3) is 21.8 Å². The summed E-state index contributed by atoms with van der Waals surface area (Å²) in [5.74, 6) is 1.55. The molecule has 0 amide bonds. The molecular weight excluding hydrogens is 350 g/mol. The Balaban J connectivity index is 0.00000243. The smallest absolute Gasteiger partial charge is 0.163 e. The molecule has 142 valence electrons. The molecule has 6 heteroatoms. The predicted molar refractivity (Wildman–Crippen MR) is 110 cm³/mol. The monoisotopic (exact) mass is 377 g/mol. The van der Waals surface area contributed by atoms with Crippen LogP contribution < -0.4 is 9.47 Å². The number of rotatable bonds is 8. The van der Waals surface area contributed by atoms with E-state index in [1.165, 1.54) is 5.39 Å². The van der Waals surface area contributed by atoms with Crippen molar-refractivity contribution in [3.63, 3.8) is 0 Å². The summed E-state index contributed by atoms with van der Waals surface area (Å²) in [4.78, 5) is 10.2. The number of nitrogens with one attached hydrogen (secondary N) is 1. The zero-order valence-corrected chi connectivity index (χ0v) is 16.8. The van der Waals surface area contributed by atoms with Crippen molar-refractivity contribution < 1.29 is 9.47 Å². The van der Waals surface area contributed by atoms with Crippen LogP contribution in [-0.2, 0) is 6.42 Å². The minimum atomic E-state index is 0. The quantitative estimate of drug-likeness (QED) is 0.590. The second-order valence-electron chi connectivity index (χ2n) is 6.61. The van der Waals surface area contributed by atoms with Crippen LogP contribution in [0.2, 0.25) is 0 Å². The van der Waals surface area contributed by atoms with E-state index in [1.807, 2.05) is 18.3 Å². The number of benzene rings is 1. The number of ether oxygens (including phenoxy) is 2. The van der Waals surface area contributed by atoms with Crippen molar-refractivity contribution >= 4 is 34.2 Å². The van der Waals surface area contributed by atoms with Crippen molar-refractivity contribution in [1.82, 2.24) is 14.9 Å². The first-order valence-electron chi connectivity index (χ1n) is 8.89. The molecule has 0 aliphatic rings. The fourth-order valence-corrected chi connectivity index (χ4v) is 3.19. The van der Waals surface area contributed by atoms with E-state index >= 15 is 0 Å². The molecule has 3 aromatic rings. The van der Waals surface area contributed by atoms with Crippen LogP contribution >= 0.6 is 12.4 Å². The van der Waals surface area contributed by atoms with Crippen LogP contribution in [0.3, 0.4) is 0 Å². The summed E-state index contributed by atoms with van der Waals surface area (Å²) in [7, 11) is 5.83. The van der Waals surface area contributed by atoms with E-state index in [-0.39, 0.29) is 12.4 Å². The van der Waals surface area contributed by atoms with Crippen LogP contribution in [0.15, 0.2) is 24.4 Å². The molecule has 0 radical (unpaired) electrons. The van der Waals surface area contributed by atoms with E-state index in [9.17, 15) is 0 Å². The van der Waals surface area contributed by atoms with Crippen molar-refractivity contribution in [1.29, 1.82) is 0 Å². The maximum atomic E-state index is 5.97. The van der Waals surface area contributed by atoms with Gasteiger partial charge in [-0.05, 0) is 39.1 Å². The summed E-state index contributed by atoms with van der Waals surface area (Å²) in [6.07, 6.45) is 4.89. The topological polar surface area (TPSA) is 50.4 Å². The highest BCUT2D eigenvalue weighted by atomic mass is 35.5. The Morgan fingerprint density at radius 2 is 1.96 bits per heavy atom. The first-order valence-corrected chi connectivity index (χ1v) is 8.89. The van der Waals surface area contributed by atoms with Gasteiger partial charge in [0.05, 0.1) is 24.9 Å². The van der Waals surface area contributed by atoms with E-state index in [0.717, 1.165) is 59.4 Å². The molecule has 0 bridgehead atoms. The Morgan fingerprint density at radius 1 is 1.15 bits per heavy atom. The highest BCUT2D eigenvalue weighted by Gasteiger charge is 2.14. The van der Waals surface area contributed by atoms with Crippen molar-refractivity contribution in [2.45, 2.75) is 26.2 Å². The molecule has 0 aliphatic heterocycles. The molecule has 3 rings (SSSR count). The number of hydrogen-bond donors (Lipinski definition) is 1. The number of nitrogens with zero attached hydrogens (tertiary/aromatic N) is 2. The van der Waals surface area contributed by atoms with Gasteiger partial charge in [-0.2, -0.15) is 0 Å². The van der Waals surface area contributed by atoms with Crippen LogP contribution in [0.1, 0.15) is 25.5 Å². The lowest BCUT2D eigenvalue weighted by molar-refractivity contribution is 0.268. The van der Waals surface area contributed by atoms with Gasteiger partial charge in [0.25, 0.3) is 0 Å². The predicted octanol–water partition coefficient (Wildman–Crippen LogP) is 4.43. The molecule has 26 heavy (non-hydrogen) atoms. The molecule has 0 saturated carbocycles. The maximum absolute atomic E-state index is 5.97. The molecular formula is C20H28ClN3O2. The molecule has 0 fully saturated rings. The Morgan fingerprint density at radius 3 is 2.65 bits per heavy atom. The Labute approximate surface area is 161 Å². The van der Waals surface area contributed by atoms with Crippen LogP contribution in [0.4, 0.5) is 0 Å². The standard InChI is InChI=1S/C20H27N3O2.ClH/c1-5-7-15-20-14-12-18(24-4)19(25-11-6-10-23(2)3)13-17(14)22-16(20)8-9-21-15;/h8-9,12-13,22H,5-7,10-11H2,1-4H3;1H. The zero-order valence-electron chi connectivity index (χ0n) is 16.0. The maximum Gasteiger partial charge on any atom is 0.163 e. The molecule has 0 saturated heterocycles. The zero-order chi connectivity index (χ0) is 17.8. The largest absolute Gasteiger partial charge is 0.493 e. The summed E-state index contributed by atoms with van der Waals surface area (Å²) in [6.45, 7) is 3.85. The van der Waals surface area contributed by atoms with E-state index in [0.29, 0.717) is 6.61 Å². The minimum Gasteiger partial charge on any atom is -0.493 e. The second kappa shape index (κ2) is 9.10. The number of fused-ring (bicyclic) bond motifs is 3. The van der Waals surface area contributed by atoms with Gasteiger partial charge in [0.2, 0.25) is 0 Å². The van der Waals surface area contributed by atoms with Gasteiger partial charge in [0.1, 0.15) is 0 Å². The van der Waals surface area contributed by atoms with Gasteiger partial charge in [-0.15, -0.1) is 12.4 Å². The minimum absolute atomic E-state index is 0. The van der Waals surface area contributed by atoms with Crippen LogP contribution in [-0.4, -0.2) is 49.2 Å². The Bertz CT molecular complexity index is 861.